The van der Waals surface area contributed by atoms with Gasteiger partial charge in [-0.1, -0.05) is 0 Å². The first-order chi connectivity index (χ1) is 13.4. The van der Waals surface area contributed by atoms with Crippen LogP contribution in [0.2, 0.25) is 0 Å². The van der Waals surface area contributed by atoms with Crippen molar-refractivity contribution >= 4 is 28.1 Å². The van der Waals surface area contributed by atoms with Crippen LogP contribution in [0.5, 0.6) is 0 Å². The van der Waals surface area contributed by atoms with Crippen molar-refractivity contribution in [3.05, 3.63) is 70.4 Å². The molecule has 3 aromatic heterocycles. The molecular weight excluding hydrogens is 364 g/mol. The molecule has 0 spiro atoms. The van der Waals surface area contributed by atoms with Gasteiger partial charge >= 0.3 is 0 Å². The summed E-state index contributed by atoms with van der Waals surface area (Å²) in [7, 11) is 1.79. The summed E-state index contributed by atoms with van der Waals surface area (Å²) < 4.78 is 29.8. The van der Waals surface area contributed by atoms with Gasteiger partial charge in [-0.2, -0.15) is 0 Å². The third kappa shape index (κ3) is 2.24. The molecule has 0 amide bonds. The van der Waals surface area contributed by atoms with Crippen molar-refractivity contribution in [3.63, 3.8) is 0 Å². The van der Waals surface area contributed by atoms with Crippen molar-refractivity contribution in [1.29, 1.82) is 0 Å². The van der Waals surface area contributed by atoms with E-state index in [-0.39, 0.29) is 17.8 Å². The fourth-order valence-corrected chi connectivity index (χ4v) is 3.88. The van der Waals surface area contributed by atoms with E-state index in [1.165, 1.54) is 18.3 Å². The van der Waals surface area contributed by atoms with Crippen LogP contribution in [0.15, 0.2) is 47.7 Å². The first-order valence-electron chi connectivity index (χ1n) is 8.62. The summed E-state index contributed by atoms with van der Waals surface area (Å²) in [5.41, 5.74) is 9.18. The molecule has 28 heavy (non-hydrogen) atoms. The Morgan fingerprint density at radius 1 is 1.21 bits per heavy atom. The van der Waals surface area contributed by atoms with E-state index in [1.54, 1.807) is 28.8 Å². The van der Waals surface area contributed by atoms with Crippen molar-refractivity contribution < 1.29 is 8.78 Å². The number of nitrogens with zero attached hydrogens (tertiary/aromatic N) is 3. The van der Waals surface area contributed by atoms with Gasteiger partial charge in [-0.15, -0.1) is 0 Å². The molecule has 1 aliphatic heterocycles. The largest absolute Gasteiger partial charge is 0.397 e. The summed E-state index contributed by atoms with van der Waals surface area (Å²) in [4.78, 5) is 21.3. The number of hydrogen-bond acceptors (Lipinski definition) is 4. The fourth-order valence-electron chi connectivity index (χ4n) is 3.88. The minimum absolute atomic E-state index is 0.189. The number of aromatic amines is 1. The first-order valence-corrected chi connectivity index (χ1v) is 8.62. The molecule has 0 aliphatic carbocycles. The molecule has 0 atom stereocenters. The zero-order valence-corrected chi connectivity index (χ0v) is 14.8. The van der Waals surface area contributed by atoms with E-state index in [0.29, 0.717) is 22.6 Å². The highest BCUT2D eigenvalue weighted by atomic mass is 19.1. The van der Waals surface area contributed by atoms with Gasteiger partial charge in [0, 0.05) is 42.0 Å². The van der Waals surface area contributed by atoms with E-state index < -0.39 is 11.6 Å². The van der Waals surface area contributed by atoms with Crippen LogP contribution in [0.1, 0.15) is 5.56 Å². The van der Waals surface area contributed by atoms with E-state index in [1.807, 2.05) is 6.20 Å². The van der Waals surface area contributed by atoms with Crippen LogP contribution in [-0.4, -0.2) is 14.5 Å². The number of nitrogen functional groups attached to an aromatic ring is 1. The molecular formula is C20H15F2N5O. The molecule has 4 aromatic rings. The molecule has 6 nitrogen and oxygen atoms in total. The topological polar surface area (TPSA) is 79.9 Å². The number of halogens is 2. The maximum absolute atomic E-state index is 14.6. The summed E-state index contributed by atoms with van der Waals surface area (Å²) in [5, 5.41) is 0.768. The summed E-state index contributed by atoms with van der Waals surface area (Å²) in [6.45, 7) is 0.247. The van der Waals surface area contributed by atoms with Crippen LogP contribution in [0.4, 0.5) is 26.0 Å². The average Bonchev–Trinajstić information content (AvgIpc) is 2.94. The lowest BCUT2D eigenvalue weighted by Gasteiger charge is -2.25. The number of aryl methyl sites for hydroxylation is 1. The van der Waals surface area contributed by atoms with Gasteiger partial charge in [0.1, 0.15) is 23.0 Å². The highest BCUT2D eigenvalue weighted by Gasteiger charge is 2.28. The van der Waals surface area contributed by atoms with Crippen molar-refractivity contribution in [2.24, 2.45) is 7.05 Å². The number of benzene rings is 1. The second kappa shape index (κ2) is 5.66. The van der Waals surface area contributed by atoms with Crippen molar-refractivity contribution in [1.82, 2.24) is 14.5 Å². The molecule has 3 N–H and O–H groups in total. The van der Waals surface area contributed by atoms with E-state index >= 15 is 0 Å². The molecule has 4 heterocycles. The third-order valence-electron chi connectivity index (χ3n) is 5.06. The molecule has 8 heteroatoms. The van der Waals surface area contributed by atoms with Crippen molar-refractivity contribution in [2.45, 2.75) is 6.54 Å². The second-order valence-corrected chi connectivity index (χ2v) is 6.84. The fraction of sp³-hybridized carbons (Fsp3) is 0.100. The summed E-state index contributed by atoms with van der Waals surface area (Å²) >= 11 is 0. The lowest BCUT2D eigenvalue weighted by molar-refractivity contribution is 0.582. The average molecular weight is 379 g/mol. The molecule has 1 aliphatic rings. The molecule has 0 radical (unpaired) electrons. The van der Waals surface area contributed by atoms with Gasteiger partial charge in [-0.25, -0.2) is 13.8 Å². The summed E-state index contributed by atoms with van der Waals surface area (Å²) in [5.74, 6) is -0.870. The Kier molecular flexibility index (Phi) is 3.33. The number of pyridine rings is 2. The number of nitrogens with two attached hydrogens (primary N) is 1. The zero-order chi connectivity index (χ0) is 19.6. The quantitative estimate of drug-likeness (QED) is 0.531. The molecule has 0 unspecified atom stereocenters. The molecule has 140 valence electrons. The number of nitrogens with one attached hydrogen (secondary N) is 1. The monoisotopic (exact) mass is 379 g/mol. The zero-order valence-electron chi connectivity index (χ0n) is 14.8. The molecule has 0 fully saturated rings. The van der Waals surface area contributed by atoms with Gasteiger partial charge < -0.3 is 20.2 Å². The van der Waals surface area contributed by atoms with Gasteiger partial charge in [-0.05, 0) is 23.8 Å². The maximum Gasteiger partial charge on any atom is 0.272 e. The Morgan fingerprint density at radius 3 is 2.82 bits per heavy atom. The number of aromatic nitrogens is 3. The van der Waals surface area contributed by atoms with Crippen LogP contribution in [0.3, 0.4) is 0 Å². The minimum Gasteiger partial charge on any atom is -0.397 e. The lowest BCUT2D eigenvalue weighted by Crippen LogP contribution is -2.20. The highest BCUT2D eigenvalue weighted by molar-refractivity contribution is 6.02. The van der Waals surface area contributed by atoms with Crippen LogP contribution in [0.25, 0.3) is 22.0 Å². The van der Waals surface area contributed by atoms with Crippen molar-refractivity contribution in [2.75, 3.05) is 10.6 Å². The maximum atomic E-state index is 14.6. The van der Waals surface area contributed by atoms with Crippen LogP contribution in [0, 0.1) is 11.6 Å². The molecule has 0 saturated heterocycles. The number of rotatable bonds is 1. The SMILES string of the molecule is Cn1cc2c3c(c[nH]c(=O)c31)CN(c1ccc(F)cc1F)c1ncc(N)cc1-2. The Hall–Kier alpha value is -3.68. The van der Waals surface area contributed by atoms with Crippen LogP contribution >= 0.6 is 0 Å². The molecule has 0 saturated carbocycles. The number of H-pyrrole nitrogens is 1. The predicted molar refractivity (Wildman–Crippen MR) is 103 cm³/mol. The molecule has 5 rings (SSSR count). The Labute approximate surface area is 157 Å². The third-order valence-corrected chi connectivity index (χ3v) is 5.06. The van der Waals surface area contributed by atoms with Crippen LogP contribution in [-0.2, 0) is 13.6 Å². The van der Waals surface area contributed by atoms with Gasteiger partial charge in [0.05, 0.1) is 24.1 Å². The van der Waals surface area contributed by atoms with Gasteiger partial charge in [0.2, 0.25) is 0 Å². The summed E-state index contributed by atoms with van der Waals surface area (Å²) in [6.07, 6.45) is 4.96. The lowest BCUT2D eigenvalue weighted by atomic mass is 10.0. The Morgan fingerprint density at radius 2 is 2.04 bits per heavy atom. The van der Waals surface area contributed by atoms with E-state index in [9.17, 15) is 13.6 Å². The van der Waals surface area contributed by atoms with E-state index in [2.05, 4.69) is 9.97 Å². The van der Waals surface area contributed by atoms with E-state index in [4.69, 9.17) is 5.73 Å². The molecule has 1 aromatic carbocycles. The van der Waals surface area contributed by atoms with Gasteiger partial charge in [0.15, 0.2) is 0 Å². The minimum atomic E-state index is -0.697. The van der Waals surface area contributed by atoms with Crippen LogP contribution < -0.4 is 16.2 Å². The first kappa shape index (κ1) is 16.5. The van der Waals surface area contributed by atoms with Gasteiger partial charge in [0.25, 0.3) is 5.56 Å². The molecule has 0 bridgehead atoms. The standard InChI is InChI=1S/C20H15F2N5O/c1-26-9-14-13-5-12(23)7-24-19(13)27(16-3-2-11(21)4-15(16)22)8-10-6-25-20(28)18(26)17(10)14/h2-7,9H,8,23H2,1H3,(H,25,28). The number of hydrogen-bond donors (Lipinski definition) is 2. The normalized spacial score (nSPS) is 12.9. The predicted octanol–water partition coefficient (Wildman–Crippen LogP) is 3.44. The Balaban J connectivity index is 1.88. The second-order valence-electron chi connectivity index (χ2n) is 6.84. The highest BCUT2D eigenvalue weighted by Crippen LogP contribution is 2.43. The van der Waals surface area contributed by atoms with Gasteiger partial charge in [-0.3, -0.25) is 4.79 Å². The smallest absolute Gasteiger partial charge is 0.272 e. The summed E-state index contributed by atoms with van der Waals surface area (Å²) in [6, 6.07) is 5.18. The number of anilines is 3. The van der Waals surface area contributed by atoms with E-state index in [0.717, 1.165) is 22.6 Å². The Bertz CT molecular complexity index is 1320. The number of fused-ring (bicyclic) bond motifs is 2. The van der Waals surface area contributed by atoms with Crippen molar-refractivity contribution in [3.8, 4) is 11.1 Å².